The van der Waals surface area contributed by atoms with Crippen LogP contribution >= 0.6 is 0 Å². The van der Waals surface area contributed by atoms with Crippen molar-refractivity contribution in [3.63, 3.8) is 0 Å². The summed E-state index contributed by atoms with van der Waals surface area (Å²) in [5.41, 5.74) is 1.64. The zero-order valence-corrected chi connectivity index (χ0v) is 15.9. The van der Waals surface area contributed by atoms with Crippen molar-refractivity contribution < 1.29 is 28.6 Å². The van der Waals surface area contributed by atoms with Gasteiger partial charge < -0.3 is 19.5 Å². The number of ether oxygens (including phenoxy) is 3. The van der Waals surface area contributed by atoms with Crippen molar-refractivity contribution in [1.82, 2.24) is 0 Å². The van der Waals surface area contributed by atoms with E-state index in [0.29, 0.717) is 24.5 Å². The van der Waals surface area contributed by atoms with Crippen molar-refractivity contribution in [3.05, 3.63) is 59.7 Å². The van der Waals surface area contributed by atoms with Crippen molar-refractivity contribution >= 4 is 23.5 Å². The average molecular weight is 385 g/mol. The average Bonchev–Trinajstić information content (AvgIpc) is 2.69. The van der Waals surface area contributed by atoms with Crippen LogP contribution in [0.25, 0.3) is 0 Å². The Bertz CT molecular complexity index is 799. The van der Waals surface area contributed by atoms with E-state index >= 15 is 0 Å². The van der Waals surface area contributed by atoms with Crippen LogP contribution in [-0.4, -0.2) is 37.7 Å². The van der Waals surface area contributed by atoms with Gasteiger partial charge in [-0.3, -0.25) is 9.59 Å². The van der Waals surface area contributed by atoms with Gasteiger partial charge in [-0.05, 0) is 55.8 Å². The zero-order chi connectivity index (χ0) is 20.4. The standard InChI is InChI=1S/C21H23NO6/c1-3-26-18-11-5-15(6-12-18)13-20(24)28-14-19(23)22-17-9-7-16(8-10-17)21(25)27-4-2/h5-12H,3-4,13-14H2,1-2H3,(H,22,23). The molecule has 0 unspecified atom stereocenters. The summed E-state index contributed by atoms with van der Waals surface area (Å²) in [5.74, 6) is -0.669. The molecule has 0 saturated heterocycles. The van der Waals surface area contributed by atoms with Crippen LogP contribution < -0.4 is 10.1 Å². The predicted molar refractivity (Wildman–Crippen MR) is 103 cm³/mol. The van der Waals surface area contributed by atoms with Crippen LogP contribution in [0.1, 0.15) is 29.8 Å². The van der Waals surface area contributed by atoms with Gasteiger partial charge in [-0.15, -0.1) is 0 Å². The molecule has 0 aromatic heterocycles. The lowest BCUT2D eigenvalue weighted by molar-refractivity contribution is -0.146. The molecule has 0 aliphatic heterocycles. The minimum Gasteiger partial charge on any atom is -0.494 e. The van der Waals surface area contributed by atoms with Crippen LogP contribution in [-0.2, 0) is 25.5 Å². The monoisotopic (exact) mass is 385 g/mol. The van der Waals surface area contributed by atoms with Crippen molar-refractivity contribution in [2.75, 3.05) is 25.1 Å². The molecule has 2 aromatic carbocycles. The maximum atomic E-state index is 11.9. The summed E-state index contributed by atoms with van der Waals surface area (Å²) < 4.78 is 15.2. The Morgan fingerprint density at radius 1 is 0.857 bits per heavy atom. The summed E-state index contributed by atoms with van der Waals surface area (Å²) in [6.45, 7) is 4.09. The number of carbonyl (C=O) groups is 3. The molecule has 0 saturated carbocycles. The summed E-state index contributed by atoms with van der Waals surface area (Å²) in [6, 6.07) is 13.3. The highest BCUT2D eigenvalue weighted by Crippen LogP contribution is 2.13. The van der Waals surface area contributed by atoms with E-state index in [1.807, 2.05) is 6.92 Å². The number of amides is 1. The van der Waals surface area contributed by atoms with Gasteiger partial charge in [0.15, 0.2) is 6.61 Å². The second-order valence-electron chi connectivity index (χ2n) is 5.76. The summed E-state index contributed by atoms with van der Waals surface area (Å²) in [5, 5.41) is 2.60. The number of esters is 2. The van der Waals surface area contributed by atoms with Gasteiger partial charge in [-0.25, -0.2) is 4.79 Å². The molecule has 1 amide bonds. The largest absolute Gasteiger partial charge is 0.494 e. The second kappa shape index (κ2) is 10.7. The quantitative estimate of drug-likeness (QED) is 0.668. The molecule has 2 aromatic rings. The normalized spacial score (nSPS) is 10.1. The Kier molecular flexibility index (Phi) is 8.02. The highest BCUT2D eigenvalue weighted by molar-refractivity contribution is 5.94. The van der Waals surface area contributed by atoms with Crippen LogP contribution in [0.2, 0.25) is 0 Å². The number of nitrogens with one attached hydrogen (secondary N) is 1. The molecule has 0 aliphatic carbocycles. The van der Waals surface area contributed by atoms with Crippen LogP contribution in [0, 0.1) is 0 Å². The van der Waals surface area contributed by atoms with E-state index in [2.05, 4.69) is 5.32 Å². The fourth-order valence-corrected chi connectivity index (χ4v) is 2.34. The lowest BCUT2D eigenvalue weighted by atomic mass is 10.1. The van der Waals surface area contributed by atoms with Crippen molar-refractivity contribution in [2.45, 2.75) is 20.3 Å². The van der Waals surface area contributed by atoms with Crippen LogP contribution in [0.3, 0.4) is 0 Å². The molecule has 1 N–H and O–H groups in total. The van der Waals surface area contributed by atoms with E-state index in [-0.39, 0.29) is 6.42 Å². The third kappa shape index (κ3) is 6.75. The molecular weight excluding hydrogens is 362 g/mol. The van der Waals surface area contributed by atoms with Gasteiger partial charge in [0.2, 0.25) is 0 Å². The van der Waals surface area contributed by atoms with Crippen molar-refractivity contribution in [1.29, 1.82) is 0 Å². The minimum atomic E-state index is -0.503. The SMILES string of the molecule is CCOC(=O)c1ccc(NC(=O)COC(=O)Cc2ccc(OCC)cc2)cc1. The Morgan fingerprint density at radius 2 is 1.54 bits per heavy atom. The molecule has 2 rings (SSSR count). The highest BCUT2D eigenvalue weighted by atomic mass is 16.5. The van der Waals surface area contributed by atoms with E-state index in [9.17, 15) is 14.4 Å². The topological polar surface area (TPSA) is 90.9 Å². The van der Waals surface area contributed by atoms with Gasteiger partial charge in [0.25, 0.3) is 5.91 Å². The molecule has 0 aliphatic rings. The second-order valence-corrected chi connectivity index (χ2v) is 5.76. The molecule has 0 fully saturated rings. The Morgan fingerprint density at radius 3 is 2.14 bits per heavy atom. The molecule has 7 nitrogen and oxygen atoms in total. The molecule has 0 atom stereocenters. The molecule has 148 valence electrons. The lowest BCUT2D eigenvalue weighted by Gasteiger charge is -2.08. The molecule has 0 bridgehead atoms. The summed E-state index contributed by atoms with van der Waals surface area (Å²) >= 11 is 0. The van der Waals surface area contributed by atoms with Gasteiger partial charge in [0.05, 0.1) is 25.2 Å². The van der Waals surface area contributed by atoms with Gasteiger partial charge >= 0.3 is 11.9 Å². The number of anilines is 1. The van der Waals surface area contributed by atoms with Crippen LogP contribution in [0.4, 0.5) is 5.69 Å². The number of carbonyl (C=O) groups excluding carboxylic acids is 3. The maximum absolute atomic E-state index is 11.9. The smallest absolute Gasteiger partial charge is 0.338 e. The van der Waals surface area contributed by atoms with Gasteiger partial charge in [0.1, 0.15) is 5.75 Å². The fraction of sp³-hybridized carbons (Fsp3) is 0.286. The van der Waals surface area contributed by atoms with Crippen LogP contribution in [0.5, 0.6) is 5.75 Å². The molecule has 28 heavy (non-hydrogen) atoms. The first-order valence-corrected chi connectivity index (χ1v) is 8.96. The van der Waals surface area contributed by atoms with Crippen LogP contribution in [0.15, 0.2) is 48.5 Å². The first-order chi connectivity index (χ1) is 13.5. The van der Waals surface area contributed by atoms with E-state index in [4.69, 9.17) is 14.2 Å². The summed E-state index contributed by atoms with van der Waals surface area (Å²) in [6.07, 6.45) is 0.0634. The predicted octanol–water partition coefficient (Wildman–Crippen LogP) is 2.99. The van der Waals surface area contributed by atoms with Gasteiger partial charge in [-0.1, -0.05) is 12.1 Å². The molecule has 0 radical (unpaired) electrons. The number of rotatable bonds is 9. The van der Waals surface area contributed by atoms with E-state index in [0.717, 1.165) is 11.3 Å². The lowest BCUT2D eigenvalue weighted by Crippen LogP contribution is -2.21. The Balaban J connectivity index is 1.76. The first-order valence-electron chi connectivity index (χ1n) is 8.96. The minimum absolute atomic E-state index is 0.0634. The van der Waals surface area contributed by atoms with Crippen molar-refractivity contribution in [3.8, 4) is 5.75 Å². The molecule has 0 heterocycles. The molecule has 7 heteroatoms. The number of hydrogen-bond donors (Lipinski definition) is 1. The number of hydrogen-bond acceptors (Lipinski definition) is 6. The Labute approximate surface area is 163 Å². The Hall–Kier alpha value is -3.35. The summed E-state index contributed by atoms with van der Waals surface area (Å²) in [4.78, 5) is 35.4. The molecular formula is C21H23NO6. The van der Waals surface area contributed by atoms with E-state index < -0.39 is 24.5 Å². The van der Waals surface area contributed by atoms with Crippen molar-refractivity contribution in [2.24, 2.45) is 0 Å². The van der Waals surface area contributed by atoms with Gasteiger partial charge in [0, 0.05) is 5.69 Å². The van der Waals surface area contributed by atoms with Gasteiger partial charge in [-0.2, -0.15) is 0 Å². The third-order valence-corrected chi connectivity index (χ3v) is 3.63. The summed E-state index contributed by atoms with van der Waals surface area (Å²) in [7, 11) is 0. The number of benzene rings is 2. The maximum Gasteiger partial charge on any atom is 0.338 e. The van der Waals surface area contributed by atoms with E-state index in [1.165, 1.54) is 0 Å². The molecule has 0 spiro atoms. The first kappa shape index (κ1) is 21.0. The fourth-order valence-electron chi connectivity index (χ4n) is 2.34. The third-order valence-electron chi connectivity index (χ3n) is 3.63. The zero-order valence-electron chi connectivity index (χ0n) is 15.9. The van der Waals surface area contributed by atoms with E-state index in [1.54, 1.807) is 55.5 Å². The highest BCUT2D eigenvalue weighted by Gasteiger charge is 2.10.